The normalized spacial score (nSPS) is 16.6. The van der Waals surface area contributed by atoms with Gasteiger partial charge in [0.2, 0.25) is 5.91 Å². The summed E-state index contributed by atoms with van der Waals surface area (Å²) in [6, 6.07) is 9.51. The van der Waals surface area contributed by atoms with Crippen molar-refractivity contribution in [1.82, 2.24) is 15.2 Å². The molecule has 1 fully saturated rings. The van der Waals surface area contributed by atoms with Crippen LogP contribution in [-0.4, -0.2) is 41.3 Å². The van der Waals surface area contributed by atoms with Crippen LogP contribution in [0.25, 0.3) is 10.9 Å². The van der Waals surface area contributed by atoms with Gasteiger partial charge in [-0.1, -0.05) is 18.2 Å². The Kier molecular flexibility index (Phi) is 4.96. The molecule has 7 heteroatoms. The highest BCUT2D eigenvalue weighted by molar-refractivity contribution is 5.96. The number of nitrogens with zero attached hydrogens (tertiary/aromatic N) is 1. The molecule has 1 aliphatic rings. The highest BCUT2D eigenvalue weighted by Gasteiger charge is 2.29. The maximum atomic E-state index is 12.6. The first-order valence-corrected chi connectivity index (χ1v) is 9.66. The van der Waals surface area contributed by atoms with Crippen LogP contribution in [0.15, 0.2) is 45.7 Å². The highest BCUT2D eigenvalue weighted by atomic mass is 16.4. The Bertz CT molecular complexity index is 1140. The summed E-state index contributed by atoms with van der Waals surface area (Å²) in [6.45, 7) is 2.17. The number of aryl methyl sites for hydroxylation is 3. The van der Waals surface area contributed by atoms with Crippen molar-refractivity contribution < 1.29 is 14.0 Å². The molecule has 150 valence electrons. The first kappa shape index (κ1) is 19.0. The molecular weight excluding hydrogens is 370 g/mol. The second-order valence-electron chi connectivity index (χ2n) is 7.57. The van der Waals surface area contributed by atoms with E-state index in [1.165, 1.54) is 0 Å². The summed E-state index contributed by atoms with van der Waals surface area (Å²) < 4.78 is 5.42. The van der Waals surface area contributed by atoms with Gasteiger partial charge in [0, 0.05) is 43.5 Å². The summed E-state index contributed by atoms with van der Waals surface area (Å²) in [7, 11) is 1.69. The lowest BCUT2D eigenvalue weighted by Crippen LogP contribution is -2.39. The number of fused-ring (bicyclic) bond motifs is 1. The van der Waals surface area contributed by atoms with E-state index >= 15 is 0 Å². The number of amides is 2. The Labute approximate surface area is 167 Å². The maximum Gasteiger partial charge on any atom is 0.349 e. The fraction of sp³-hybridized carbons (Fsp3) is 0.318. The second kappa shape index (κ2) is 7.58. The summed E-state index contributed by atoms with van der Waals surface area (Å²) >= 11 is 0. The molecule has 0 aliphatic carbocycles. The van der Waals surface area contributed by atoms with Crippen LogP contribution in [0.5, 0.6) is 0 Å². The van der Waals surface area contributed by atoms with E-state index in [9.17, 15) is 14.4 Å². The molecule has 0 saturated carbocycles. The Morgan fingerprint density at radius 1 is 1.28 bits per heavy atom. The number of likely N-dealkylation sites (N-methyl/N-ethyl adjacent to an activating group) is 1. The largest absolute Gasteiger partial charge is 0.427 e. The molecule has 1 aromatic carbocycles. The van der Waals surface area contributed by atoms with Crippen molar-refractivity contribution in [2.24, 2.45) is 0 Å². The van der Waals surface area contributed by atoms with Crippen molar-refractivity contribution in [3.05, 3.63) is 69.4 Å². The van der Waals surface area contributed by atoms with E-state index in [-0.39, 0.29) is 23.9 Å². The Hall–Kier alpha value is -3.35. The minimum Gasteiger partial charge on any atom is -0.427 e. The third-order valence-electron chi connectivity index (χ3n) is 5.42. The third kappa shape index (κ3) is 3.81. The van der Waals surface area contributed by atoms with Crippen molar-refractivity contribution in [1.29, 1.82) is 0 Å². The van der Waals surface area contributed by atoms with Gasteiger partial charge in [-0.05, 0) is 36.6 Å². The Balaban J connectivity index is 1.47. The molecule has 0 bridgehead atoms. The predicted molar refractivity (Wildman–Crippen MR) is 109 cm³/mol. The van der Waals surface area contributed by atoms with Crippen LogP contribution in [0.1, 0.15) is 33.7 Å². The number of rotatable bonds is 5. The molecule has 2 amide bonds. The number of para-hydroxylation sites is 1. The molecule has 1 aliphatic heterocycles. The third-order valence-corrected chi connectivity index (χ3v) is 5.42. The number of aromatic nitrogens is 1. The maximum absolute atomic E-state index is 12.6. The van der Waals surface area contributed by atoms with E-state index in [2.05, 4.69) is 16.4 Å². The molecule has 7 nitrogen and oxygen atoms in total. The molecule has 3 aromatic rings. The van der Waals surface area contributed by atoms with Crippen molar-refractivity contribution >= 4 is 22.7 Å². The lowest BCUT2D eigenvalue weighted by molar-refractivity contribution is -0.126. The number of likely N-dealkylation sites (tertiary alicyclic amines) is 1. The SMILES string of the molecule is Cc1cc(CCc2c[nH]c3ccccc23)oc(=O)c1C(=O)NC1CC(=O)N(C)C1. The quantitative estimate of drug-likeness (QED) is 0.695. The van der Waals surface area contributed by atoms with E-state index in [4.69, 9.17) is 4.42 Å². The Morgan fingerprint density at radius 2 is 2.07 bits per heavy atom. The fourth-order valence-corrected chi connectivity index (χ4v) is 3.88. The molecule has 29 heavy (non-hydrogen) atoms. The number of carbonyl (C=O) groups excluding carboxylic acids is 2. The van der Waals surface area contributed by atoms with Gasteiger partial charge in [0.05, 0.1) is 6.04 Å². The number of hydrogen-bond donors (Lipinski definition) is 2. The average molecular weight is 393 g/mol. The lowest BCUT2D eigenvalue weighted by atomic mass is 10.1. The smallest absolute Gasteiger partial charge is 0.349 e. The highest BCUT2D eigenvalue weighted by Crippen LogP contribution is 2.20. The van der Waals surface area contributed by atoms with Crippen LogP contribution in [0.3, 0.4) is 0 Å². The minimum absolute atomic E-state index is 0.00264. The lowest BCUT2D eigenvalue weighted by Gasteiger charge is -2.13. The zero-order valence-electron chi connectivity index (χ0n) is 16.5. The van der Waals surface area contributed by atoms with E-state index in [0.717, 1.165) is 16.5 Å². The second-order valence-corrected chi connectivity index (χ2v) is 7.57. The standard InChI is InChI=1S/C22H23N3O4/c1-13-9-16(8-7-14-11-23-18-6-4-3-5-17(14)18)29-22(28)20(13)21(27)24-15-10-19(26)25(2)12-15/h3-6,9,11,15,23H,7-8,10,12H2,1-2H3,(H,24,27). The number of nitrogens with one attached hydrogen (secondary N) is 2. The summed E-state index contributed by atoms with van der Waals surface area (Å²) in [4.78, 5) is 41.4. The van der Waals surface area contributed by atoms with E-state index in [1.807, 2.05) is 24.4 Å². The monoisotopic (exact) mass is 393 g/mol. The van der Waals surface area contributed by atoms with E-state index in [0.29, 0.717) is 30.7 Å². The fourth-order valence-electron chi connectivity index (χ4n) is 3.88. The molecule has 1 atom stereocenters. The van der Waals surface area contributed by atoms with Crippen molar-refractivity contribution in [2.75, 3.05) is 13.6 Å². The van der Waals surface area contributed by atoms with Gasteiger partial charge in [-0.15, -0.1) is 0 Å². The van der Waals surface area contributed by atoms with Crippen LogP contribution in [0, 0.1) is 6.92 Å². The minimum atomic E-state index is -0.644. The van der Waals surface area contributed by atoms with Gasteiger partial charge in [0.15, 0.2) is 0 Å². The molecule has 0 radical (unpaired) electrons. The van der Waals surface area contributed by atoms with Gasteiger partial charge in [0.1, 0.15) is 11.3 Å². The summed E-state index contributed by atoms with van der Waals surface area (Å²) in [5.41, 5.74) is 2.16. The molecule has 2 N–H and O–H groups in total. The van der Waals surface area contributed by atoms with Crippen molar-refractivity contribution in [2.45, 2.75) is 32.2 Å². The molecule has 2 aromatic heterocycles. The first-order valence-electron chi connectivity index (χ1n) is 9.66. The molecule has 1 saturated heterocycles. The van der Waals surface area contributed by atoms with Gasteiger partial charge in [0.25, 0.3) is 5.91 Å². The van der Waals surface area contributed by atoms with Gasteiger partial charge in [-0.25, -0.2) is 4.79 Å². The topological polar surface area (TPSA) is 95.4 Å². The summed E-state index contributed by atoms with van der Waals surface area (Å²) in [5, 5.41) is 3.92. The van der Waals surface area contributed by atoms with Gasteiger partial charge >= 0.3 is 5.63 Å². The number of aromatic amines is 1. The molecule has 3 heterocycles. The zero-order chi connectivity index (χ0) is 20.5. The molecular formula is C22H23N3O4. The van der Waals surface area contributed by atoms with Gasteiger partial charge in [-0.3, -0.25) is 9.59 Å². The zero-order valence-corrected chi connectivity index (χ0v) is 16.5. The van der Waals surface area contributed by atoms with Crippen molar-refractivity contribution in [3.8, 4) is 0 Å². The number of carbonyl (C=O) groups is 2. The van der Waals surface area contributed by atoms with Crippen LogP contribution in [0.2, 0.25) is 0 Å². The van der Waals surface area contributed by atoms with Gasteiger partial charge in [-0.2, -0.15) is 0 Å². The van der Waals surface area contributed by atoms with Crippen LogP contribution in [-0.2, 0) is 17.6 Å². The number of H-pyrrole nitrogens is 1. The number of benzene rings is 1. The molecule has 1 unspecified atom stereocenters. The van der Waals surface area contributed by atoms with Crippen LogP contribution in [0.4, 0.5) is 0 Å². The summed E-state index contributed by atoms with van der Waals surface area (Å²) in [6.07, 6.45) is 3.49. The van der Waals surface area contributed by atoms with E-state index in [1.54, 1.807) is 24.9 Å². The van der Waals surface area contributed by atoms with Gasteiger partial charge < -0.3 is 19.6 Å². The predicted octanol–water partition coefficient (Wildman–Crippen LogP) is 2.18. The van der Waals surface area contributed by atoms with Crippen molar-refractivity contribution in [3.63, 3.8) is 0 Å². The molecule has 4 rings (SSSR count). The Morgan fingerprint density at radius 3 is 2.79 bits per heavy atom. The first-order chi connectivity index (χ1) is 13.9. The molecule has 0 spiro atoms. The average Bonchev–Trinajstić information content (AvgIpc) is 3.22. The van der Waals surface area contributed by atoms with Crippen LogP contribution >= 0.6 is 0 Å². The van der Waals surface area contributed by atoms with Crippen LogP contribution < -0.4 is 10.9 Å². The number of hydrogen-bond acceptors (Lipinski definition) is 4. The summed E-state index contributed by atoms with van der Waals surface area (Å²) in [5.74, 6) is 0.0318. The van der Waals surface area contributed by atoms with E-state index < -0.39 is 11.5 Å².